The van der Waals surface area contributed by atoms with Crippen LogP contribution in [0, 0.1) is 6.92 Å². The number of hydrogen-bond donors (Lipinski definition) is 0. The summed E-state index contributed by atoms with van der Waals surface area (Å²) in [6.45, 7) is 2.21. The van der Waals surface area contributed by atoms with E-state index in [0.29, 0.717) is 39.4 Å². The fourth-order valence-electron chi connectivity index (χ4n) is 3.71. The van der Waals surface area contributed by atoms with Crippen molar-refractivity contribution in [2.75, 3.05) is 12.0 Å². The van der Waals surface area contributed by atoms with Crippen molar-refractivity contribution in [2.45, 2.75) is 13.5 Å². The van der Waals surface area contributed by atoms with Gasteiger partial charge in [-0.15, -0.1) is 0 Å². The van der Waals surface area contributed by atoms with E-state index in [0.717, 1.165) is 15.9 Å². The number of carbonyl (C=O) groups excluding carboxylic acids is 1. The van der Waals surface area contributed by atoms with Gasteiger partial charge >= 0.3 is 0 Å². The summed E-state index contributed by atoms with van der Waals surface area (Å²) in [5.41, 5.74) is 3.53. The van der Waals surface area contributed by atoms with Crippen LogP contribution in [0.2, 0.25) is 5.02 Å². The maximum atomic E-state index is 13.9. The van der Waals surface area contributed by atoms with E-state index in [-0.39, 0.29) is 5.91 Å². The molecule has 3 aromatic heterocycles. The average Bonchev–Trinajstić information content (AvgIpc) is 3.39. The van der Waals surface area contributed by atoms with Crippen molar-refractivity contribution < 1.29 is 9.53 Å². The van der Waals surface area contributed by atoms with E-state index in [1.807, 2.05) is 66.1 Å². The second-order valence-corrected chi connectivity index (χ2v) is 8.66. The molecule has 0 saturated heterocycles. The highest BCUT2D eigenvalue weighted by molar-refractivity contribution is 7.23. The maximum Gasteiger partial charge on any atom is 0.279 e. The van der Waals surface area contributed by atoms with Gasteiger partial charge in [0.25, 0.3) is 5.91 Å². The zero-order chi connectivity index (χ0) is 22.2. The van der Waals surface area contributed by atoms with Crippen molar-refractivity contribution in [3.63, 3.8) is 0 Å². The number of rotatable bonds is 5. The first-order valence-corrected chi connectivity index (χ1v) is 11.2. The van der Waals surface area contributed by atoms with Gasteiger partial charge in [0, 0.05) is 6.20 Å². The first-order chi connectivity index (χ1) is 15.6. The van der Waals surface area contributed by atoms with E-state index in [4.69, 9.17) is 21.3 Å². The third kappa shape index (κ3) is 3.49. The molecule has 0 N–H and O–H groups in total. The molecule has 8 heteroatoms. The molecule has 5 rings (SSSR count). The third-order valence-corrected chi connectivity index (χ3v) is 6.77. The molecule has 0 radical (unpaired) electrons. The van der Waals surface area contributed by atoms with Gasteiger partial charge in [0.05, 0.1) is 29.1 Å². The third-order valence-electron chi connectivity index (χ3n) is 5.23. The molecule has 1 amide bonds. The van der Waals surface area contributed by atoms with E-state index >= 15 is 0 Å². The van der Waals surface area contributed by atoms with Gasteiger partial charge in [-0.05, 0) is 36.8 Å². The number of nitrogens with zero attached hydrogens (tertiary/aromatic N) is 4. The molecule has 6 nitrogen and oxygen atoms in total. The minimum absolute atomic E-state index is 0.181. The molecule has 0 saturated carbocycles. The summed E-state index contributed by atoms with van der Waals surface area (Å²) in [5.74, 6) is 0.434. The van der Waals surface area contributed by atoms with Crippen LogP contribution in [0.25, 0.3) is 15.9 Å². The topological polar surface area (TPSA) is 59.7 Å². The molecule has 0 fully saturated rings. The summed E-state index contributed by atoms with van der Waals surface area (Å²) >= 11 is 7.81. The molecule has 0 aliphatic carbocycles. The molecular formula is C24H19ClN4O2S. The molecule has 0 bridgehead atoms. The summed E-state index contributed by atoms with van der Waals surface area (Å²) in [7, 11) is 1.59. The molecular weight excluding hydrogens is 444 g/mol. The number of aromatic nitrogens is 3. The molecule has 0 spiro atoms. The first kappa shape index (κ1) is 20.5. The highest BCUT2D eigenvalue weighted by atomic mass is 35.5. The number of fused-ring (bicyclic) bond motifs is 2. The van der Waals surface area contributed by atoms with E-state index in [1.165, 1.54) is 11.3 Å². The zero-order valence-corrected chi connectivity index (χ0v) is 19.0. The molecule has 2 aromatic carbocycles. The Bertz CT molecular complexity index is 1440. The van der Waals surface area contributed by atoms with Gasteiger partial charge in [0.1, 0.15) is 22.6 Å². The molecule has 3 heterocycles. The monoisotopic (exact) mass is 462 g/mol. The Morgan fingerprint density at radius 3 is 2.66 bits per heavy atom. The van der Waals surface area contributed by atoms with E-state index in [2.05, 4.69) is 4.98 Å². The van der Waals surface area contributed by atoms with Crippen LogP contribution in [-0.2, 0) is 6.54 Å². The SMILES string of the molecule is COc1ccc(Cl)c2sc(N(Cc3ccccc3)C(=O)c3c(C)nc4ccccn34)nc12. The van der Waals surface area contributed by atoms with Crippen LogP contribution in [0.3, 0.4) is 0 Å². The Labute approximate surface area is 193 Å². The number of halogens is 1. The lowest BCUT2D eigenvalue weighted by Crippen LogP contribution is -2.31. The number of methoxy groups -OCH3 is 1. The average molecular weight is 463 g/mol. The Morgan fingerprint density at radius 1 is 1.09 bits per heavy atom. The van der Waals surface area contributed by atoms with Gasteiger partial charge in [-0.1, -0.05) is 59.3 Å². The highest BCUT2D eigenvalue weighted by Gasteiger charge is 2.27. The highest BCUT2D eigenvalue weighted by Crippen LogP contribution is 2.39. The van der Waals surface area contributed by atoms with Crippen LogP contribution in [-0.4, -0.2) is 27.4 Å². The van der Waals surface area contributed by atoms with E-state index < -0.39 is 0 Å². The fourth-order valence-corrected chi connectivity index (χ4v) is 4.97. The molecule has 0 unspecified atom stereocenters. The van der Waals surface area contributed by atoms with Crippen molar-refractivity contribution in [2.24, 2.45) is 0 Å². The van der Waals surface area contributed by atoms with Gasteiger partial charge in [0.15, 0.2) is 5.13 Å². The van der Waals surface area contributed by atoms with Gasteiger partial charge < -0.3 is 4.74 Å². The lowest BCUT2D eigenvalue weighted by molar-refractivity contribution is 0.0979. The largest absolute Gasteiger partial charge is 0.494 e. The van der Waals surface area contributed by atoms with Crippen LogP contribution < -0.4 is 9.64 Å². The van der Waals surface area contributed by atoms with Gasteiger partial charge in [-0.3, -0.25) is 14.1 Å². The smallest absolute Gasteiger partial charge is 0.279 e. The molecule has 32 heavy (non-hydrogen) atoms. The zero-order valence-electron chi connectivity index (χ0n) is 17.4. The van der Waals surface area contributed by atoms with Crippen LogP contribution in [0.1, 0.15) is 21.7 Å². The van der Waals surface area contributed by atoms with Gasteiger partial charge in [0.2, 0.25) is 0 Å². The lowest BCUT2D eigenvalue weighted by Gasteiger charge is -2.20. The summed E-state index contributed by atoms with van der Waals surface area (Å²) < 4.78 is 8.07. The predicted molar refractivity (Wildman–Crippen MR) is 128 cm³/mol. The molecule has 0 aliphatic heterocycles. The van der Waals surface area contributed by atoms with Crippen LogP contribution in [0.4, 0.5) is 5.13 Å². The number of anilines is 1. The number of amides is 1. The number of ether oxygens (including phenoxy) is 1. The number of imidazole rings is 1. The van der Waals surface area contributed by atoms with Crippen LogP contribution >= 0.6 is 22.9 Å². The Kier molecular flexibility index (Phi) is 5.28. The van der Waals surface area contributed by atoms with E-state index in [1.54, 1.807) is 24.1 Å². The lowest BCUT2D eigenvalue weighted by atomic mass is 10.2. The van der Waals surface area contributed by atoms with Crippen molar-refractivity contribution >= 4 is 49.8 Å². The summed E-state index contributed by atoms with van der Waals surface area (Å²) in [4.78, 5) is 24.9. The number of pyridine rings is 1. The second-order valence-electron chi connectivity index (χ2n) is 7.28. The van der Waals surface area contributed by atoms with E-state index in [9.17, 15) is 4.79 Å². The minimum Gasteiger partial charge on any atom is -0.494 e. The quantitative estimate of drug-likeness (QED) is 0.333. The molecule has 0 atom stereocenters. The normalized spacial score (nSPS) is 11.2. The van der Waals surface area contributed by atoms with Crippen molar-refractivity contribution in [3.05, 3.63) is 88.8 Å². The van der Waals surface area contributed by atoms with Crippen LogP contribution in [0.15, 0.2) is 66.9 Å². The van der Waals surface area contributed by atoms with Gasteiger partial charge in [-0.25, -0.2) is 9.97 Å². The number of benzene rings is 2. The molecule has 0 aliphatic rings. The Hall–Kier alpha value is -3.42. The summed E-state index contributed by atoms with van der Waals surface area (Å²) in [6.07, 6.45) is 1.85. The molecule has 160 valence electrons. The Morgan fingerprint density at radius 2 is 1.88 bits per heavy atom. The summed E-state index contributed by atoms with van der Waals surface area (Å²) in [6, 6.07) is 19.1. The van der Waals surface area contributed by atoms with Gasteiger partial charge in [-0.2, -0.15) is 0 Å². The number of carbonyl (C=O) groups is 1. The number of aryl methyl sites for hydroxylation is 1. The standard InChI is InChI=1S/C24H19ClN4O2S/c1-15-21(28-13-7-6-10-19(28)26-15)23(30)29(14-16-8-4-3-5-9-16)24-27-20-18(31-2)12-11-17(25)22(20)32-24/h3-13H,14H2,1-2H3. The summed E-state index contributed by atoms with van der Waals surface area (Å²) in [5, 5.41) is 1.12. The molecule has 5 aromatic rings. The van der Waals surface area contributed by atoms with Crippen molar-refractivity contribution in [1.82, 2.24) is 14.4 Å². The fraction of sp³-hybridized carbons (Fsp3) is 0.125. The maximum absolute atomic E-state index is 13.9. The first-order valence-electron chi connectivity index (χ1n) is 9.99. The van der Waals surface area contributed by atoms with Crippen molar-refractivity contribution in [3.8, 4) is 5.75 Å². The van der Waals surface area contributed by atoms with Crippen molar-refractivity contribution in [1.29, 1.82) is 0 Å². The predicted octanol–water partition coefficient (Wildman–Crippen LogP) is 5.76. The number of hydrogen-bond acceptors (Lipinski definition) is 5. The second kappa shape index (κ2) is 8.26. The number of thiazole rings is 1. The Balaban J connectivity index is 1.68. The van der Waals surface area contributed by atoms with Crippen LogP contribution in [0.5, 0.6) is 5.75 Å². The minimum atomic E-state index is -0.181.